The number of nitrogens with zero attached hydrogens (tertiary/aromatic N) is 4. The molecular weight excluding hydrogens is 316 g/mol. The minimum atomic E-state index is 0.431. The van der Waals surface area contributed by atoms with E-state index >= 15 is 0 Å². The zero-order valence-electron chi connectivity index (χ0n) is 11.2. The van der Waals surface area contributed by atoms with Crippen LogP contribution in [0.3, 0.4) is 0 Å². The van der Waals surface area contributed by atoms with Gasteiger partial charge in [-0.2, -0.15) is 0 Å². The van der Waals surface area contributed by atoms with Crippen molar-refractivity contribution >= 4 is 15.9 Å². The molecule has 0 saturated carbocycles. The lowest BCUT2D eigenvalue weighted by atomic mass is 9.97. The van der Waals surface area contributed by atoms with Gasteiger partial charge < -0.3 is 0 Å². The van der Waals surface area contributed by atoms with Crippen LogP contribution in [-0.2, 0) is 6.54 Å². The van der Waals surface area contributed by atoms with Crippen molar-refractivity contribution in [1.29, 1.82) is 0 Å². The van der Waals surface area contributed by atoms with Gasteiger partial charge in [-0.15, -0.1) is 0 Å². The average molecular weight is 333 g/mol. The molecule has 3 rings (SSSR count). The van der Waals surface area contributed by atoms with Gasteiger partial charge in [0.15, 0.2) is 0 Å². The summed E-state index contributed by atoms with van der Waals surface area (Å²) in [7, 11) is 0. The SMILES string of the molecule is Brc1cnc(C2CCCN(Cc3ccccn3)C2)nc1. The molecule has 5 heteroatoms. The summed E-state index contributed by atoms with van der Waals surface area (Å²) in [6.07, 6.45) is 7.88. The summed E-state index contributed by atoms with van der Waals surface area (Å²) in [6.45, 7) is 3.05. The van der Waals surface area contributed by atoms with Gasteiger partial charge in [-0.05, 0) is 47.4 Å². The molecule has 0 aromatic carbocycles. The fourth-order valence-electron chi connectivity index (χ4n) is 2.66. The van der Waals surface area contributed by atoms with Crippen LogP contribution in [0.15, 0.2) is 41.3 Å². The van der Waals surface area contributed by atoms with Crippen molar-refractivity contribution in [3.05, 3.63) is 52.8 Å². The molecule has 0 radical (unpaired) electrons. The first kappa shape index (κ1) is 13.6. The van der Waals surface area contributed by atoms with E-state index in [-0.39, 0.29) is 0 Å². The third-order valence-electron chi connectivity index (χ3n) is 3.62. The largest absolute Gasteiger partial charge is 0.297 e. The Morgan fingerprint density at radius 1 is 1.20 bits per heavy atom. The van der Waals surface area contributed by atoms with Crippen LogP contribution in [0.1, 0.15) is 30.3 Å². The third kappa shape index (κ3) is 3.41. The Hall–Kier alpha value is -1.33. The molecule has 0 amide bonds. The van der Waals surface area contributed by atoms with Crippen LogP contribution in [0, 0.1) is 0 Å². The van der Waals surface area contributed by atoms with E-state index < -0.39 is 0 Å². The van der Waals surface area contributed by atoms with E-state index in [9.17, 15) is 0 Å². The molecule has 4 nitrogen and oxygen atoms in total. The Balaban J connectivity index is 1.66. The number of aromatic nitrogens is 3. The highest BCUT2D eigenvalue weighted by Gasteiger charge is 2.23. The monoisotopic (exact) mass is 332 g/mol. The summed E-state index contributed by atoms with van der Waals surface area (Å²) < 4.78 is 0.933. The molecule has 2 aromatic heterocycles. The van der Waals surface area contributed by atoms with Gasteiger partial charge in [-0.3, -0.25) is 9.88 Å². The molecule has 20 heavy (non-hydrogen) atoms. The molecule has 1 atom stereocenters. The molecular formula is C15H17BrN4. The minimum Gasteiger partial charge on any atom is -0.297 e. The molecule has 0 N–H and O–H groups in total. The van der Waals surface area contributed by atoms with Crippen LogP contribution in [0.25, 0.3) is 0 Å². The van der Waals surface area contributed by atoms with E-state index in [0.717, 1.165) is 35.6 Å². The molecule has 1 aliphatic heterocycles. The van der Waals surface area contributed by atoms with Gasteiger partial charge in [0.1, 0.15) is 5.82 Å². The zero-order chi connectivity index (χ0) is 13.8. The van der Waals surface area contributed by atoms with Gasteiger partial charge in [0.25, 0.3) is 0 Å². The summed E-state index contributed by atoms with van der Waals surface area (Å²) in [5.74, 6) is 1.39. The van der Waals surface area contributed by atoms with Crippen molar-refractivity contribution in [2.24, 2.45) is 0 Å². The van der Waals surface area contributed by atoms with E-state index in [4.69, 9.17) is 0 Å². The Bertz CT molecular complexity index is 544. The summed E-state index contributed by atoms with van der Waals surface area (Å²) >= 11 is 3.38. The number of likely N-dealkylation sites (tertiary alicyclic amines) is 1. The molecule has 3 heterocycles. The lowest BCUT2D eigenvalue weighted by Gasteiger charge is -2.31. The van der Waals surface area contributed by atoms with Gasteiger partial charge in [0, 0.05) is 37.6 Å². The summed E-state index contributed by atoms with van der Waals surface area (Å²) in [5.41, 5.74) is 1.13. The van der Waals surface area contributed by atoms with Gasteiger partial charge >= 0.3 is 0 Å². The molecule has 1 saturated heterocycles. The molecule has 2 aromatic rings. The predicted octanol–water partition coefficient (Wildman–Crippen LogP) is 3.01. The highest BCUT2D eigenvalue weighted by molar-refractivity contribution is 9.10. The second-order valence-electron chi connectivity index (χ2n) is 5.15. The van der Waals surface area contributed by atoms with Crippen molar-refractivity contribution < 1.29 is 0 Å². The fourth-order valence-corrected chi connectivity index (χ4v) is 2.87. The van der Waals surface area contributed by atoms with Crippen LogP contribution in [0.4, 0.5) is 0 Å². The van der Waals surface area contributed by atoms with Gasteiger partial charge in [-0.1, -0.05) is 6.07 Å². The van der Waals surface area contributed by atoms with Crippen LogP contribution >= 0.6 is 15.9 Å². The summed E-state index contributed by atoms with van der Waals surface area (Å²) in [4.78, 5) is 15.7. The number of hydrogen-bond acceptors (Lipinski definition) is 4. The molecule has 1 aliphatic rings. The number of pyridine rings is 1. The predicted molar refractivity (Wildman–Crippen MR) is 81.2 cm³/mol. The van der Waals surface area contributed by atoms with Crippen LogP contribution in [-0.4, -0.2) is 32.9 Å². The summed E-state index contributed by atoms with van der Waals surface area (Å²) in [6, 6.07) is 6.08. The average Bonchev–Trinajstić information content (AvgIpc) is 2.49. The van der Waals surface area contributed by atoms with Crippen molar-refractivity contribution in [2.75, 3.05) is 13.1 Å². The first-order chi connectivity index (χ1) is 9.81. The number of hydrogen-bond donors (Lipinski definition) is 0. The quantitative estimate of drug-likeness (QED) is 0.866. The maximum Gasteiger partial charge on any atom is 0.132 e. The maximum absolute atomic E-state index is 4.44. The smallest absolute Gasteiger partial charge is 0.132 e. The highest BCUT2D eigenvalue weighted by atomic mass is 79.9. The number of halogens is 1. The second-order valence-corrected chi connectivity index (χ2v) is 6.07. The Morgan fingerprint density at radius 2 is 2.05 bits per heavy atom. The number of rotatable bonds is 3. The first-order valence-corrected chi connectivity index (χ1v) is 7.70. The molecule has 0 spiro atoms. The zero-order valence-corrected chi connectivity index (χ0v) is 12.8. The normalized spacial score (nSPS) is 19.9. The van der Waals surface area contributed by atoms with E-state index in [1.54, 1.807) is 0 Å². The van der Waals surface area contributed by atoms with E-state index in [2.05, 4.69) is 41.8 Å². The van der Waals surface area contributed by atoms with Crippen molar-refractivity contribution in [2.45, 2.75) is 25.3 Å². The van der Waals surface area contributed by atoms with E-state index in [1.807, 2.05) is 30.7 Å². The molecule has 1 fully saturated rings. The van der Waals surface area contributed by atoms with Gasteiger partial charge in [0.05, 0.1) is 10.2 Å². The topological polar surface area (TPSA) is 41.9 Å². The van der Waals surface area contributed by atoms with Crippen molar-refractivity contribution in [3.63, 3.8) is 0 Å². The van der Waals surface area contributed by atoms with Crippen LogP contribution < -0.4 is 0 Å². The first-order valence-electron chi connectivity index (χ1n) is 6.91. The maximum atomic E-state index is 4.44. The fraction of sp³-hybridized carbons (Fsp3) is 0.400. The molecule has 0 bridgehead atoms. The van der Waals surface area contributed by atoms with E-state index in [1.165, 1.54) is 12.8 Å². The Morgan fingerprint density at radius 3 is 2.80 bits per heavy atom. The van der Waals surface area contributed by atoms with Gasteiger partial charge in [-0.25, -0.2) is 9.97 Å². The molecule has 1 unspecified atom stereocenters. The van der Waals surface area contributed by atoms with E-state index in [0.29, 0.717) is 5.92 Å². The van der Waals surface area contributed by atoms with Crippen LogP contribution in [0.2, 0.25) is 0 Å². The highest BCUT2D eigenvalue weighted by Crippen LogP contribution is 2.25. The molecule has 104 valence electrons. The second kappa shape index (κ2) is 6.41. The lowest BCUT2D eigenvalue weighted by molar-refractivity contribution is 0.194. The lowest BCUT2D eigenvalue weighted by Crippen LogP contribution is -2.34. The van der Waals surface area contributed by atoms with Gasteiger partial charge in [0.2, 0.25) is 0 Å². The molecule has 0 aliphatic carbocycles. The Labute approximate surface area is 127 Å². The number of piperidine rings is 1. The summed E-state index contributed by atoms with van der Waals surface area (Å²) in [5, 5.41) is 0. The minimum absolute atomic E-state index is 0.431. The van der Waals surface area contributed by atoms with Crippen molar-refractivity contribution in [3.8, 4) is 0 Å². The Kier molecular flexibility index (Phi) is 4.38. The third-order valence-corrected chi connectivity index (χ3v) is 4.03. The van der Waals surface area contributed by atoms with Crippen molar-refractivity contribution in [1.82, 2.24) is 19.9 Å². The standard InChI is InChI=1S/C15H17BrN4/c16-13-8-18-15(19-9-13)12-4-3-7-20(10-12)11-14-5-1-2-6-17-14/h1-2,5-6,8-9,12H,3-4,7,10-11H2. The van der Waals surface area contributed by atoms with Crippen LogP contribution in [0.5, 0.6) is 0 Å².